The van der Waals surface area contributed by atoms with Crippen LogP contribution >= 0.6 is 0 Å². The number of halogens is 4. The molecule has 0 aliphatic carbocycles. The number of rotatable bonds is 8. The van der Waals surface area contributed by atoms with E-state index in [1.165, 1.54) is 41.5 Å². The van der Waals surface area contributed by atoms with E-state index in [-0.39, 0.29) is 24.5 Å². The molecule has 0 aromatic carbocycles. The number of methoxy groups -OCH3 is 1. The second kappa shape index (κ2) is 9.79. The van der Waals surface area contributed by atoms with Gasteiger partial charge in [0.05, 0.1) is 42.9 Å². The molecule has 0 saturated heterocycles. The molecule has 0 saturated carbocycles. The molecule has 0 fully saturated rings. The van der Waals surface area contributed by atoms with E-state index in [1.807, 2.05) is 0 Å². The summed E-state index contributed by atoms with van der Waals surface area (Å²) in [5.41, 5.74) is -1.07. The lowest BCUT2D eigenvalue weighted by atomic mass is 10.2. The SMILES string of the molecule is CCN(C(=O)c1cc(OC)cnc1-n1nccn1)[C@@H](C)COc1ncc(C(F)(F)F)cc1F. The van der Waals surface area contributed by atoms with Crippen LogP contribution in [0.15, 0.2) is 36.9 Å². The van der Waals surface area contributed by atoms with Gasteiger partial charge in [0.25, 0.3) is 5.91 Å². The topological polar surface area (TPSA) is 95.3 Å². The number of alkyl halides is 3. The molecule has 0 aliphatic rings. The predicted molar refractivity (Wildman–Crippen MR) is 107 cm³/mol. The fourth-order valence-corrected chi connectivity index (χ4v) is 2.98. The Morgan fingerprint density at radius 2 is 1.88 bits per heavy atom. The summed E-state index contributed by atoms with van der Waals surface area (Å²) in [6.45, 7) is 3.39. The number of pyridine rings is 2. The number of aromatic nitrogens is 5. The first kappa shape index (κ1) is 23.9. The average Bonchev–Trinajstić information content (AvgIpc) is 3.32. The number of hydrogen-bond donors (Lipinski definition) is 0. The number of hydrogen-bond acceptors (Lipinski definition) is 7. The fourth-order valence-electron chi connectivity index (χ4n) is 2.98. The molecule has 3 rings (SSSR count). The third-order valence-electron chi connectivity index (χ3n) is 4.65. The van der Waals surface area contributed by atoms with E-state index in [0.29, 0.717) is 18.0 Å². The van der Waals surface area contributed by atoms with Crippen LogP contribution in [0, 0.1) is 5.82 Å². The van der Waals surface area contributed by atoms with Gasteiger partial charge in [-0.15, -0.1) is 4.80 Å². The molecule has 0 spiro atoms. The first-order chi connectivity index (χ1) is 15.7. The Bertz CT molecular complexity index is 1110. The maximum absolute atomic E-state index is 14.0. The largest absolute Gasteiger partial charge is 0.495 e. The molecule has 13 heteroatoms. The Balaban J connectivity index is 1.80. The van der Waals surface area contributed by atoms with Gasteiger partial charge in [-0.2, -0.15) is 23.4 Å². The summed E-state index contributed by atoms with van der Waals surface area (Å²) in [6, 6.07) is 1.19. The van der Waals surface area contributed by atoms with E-state index in [0.717, 1.165) is 0 Å². The van der Waals surface area contributed by atoms with E-state index < -0.39 is 35.4 Å². The highest BCUT2D eigenvalue weighted by molar-refractivity contribution is 5.97. The van der Waals surface area contributed by atoms with Crippen LogP contribution in [-0.4, -0.2) is 62.1 Å². The summed E-state index contributed by atoms with van der Waals surface area (Å²) < 4.78 is 62.5. The van der Waals surface area contributed by atoms with Crippen molar-refractivity contribution in [2.75, 3.05) is 20.3 Å². The lowest BCUT2D eigenvalue weighted by Crippen LogP contribution is -2.42. The Hall–Kier alpha value is -3.77. The zero-order chi connectivity index (χ0) is 24.2. The summed E-state index contributed by atoms with van der Waals surface area (Å²) in [5, 5.41) is 8.00. The second-order valence-corrected chi connectivity index (χ2v) is 6.82. The smallest absolute Gasteiger partial charge is 0.417 e. The fraction of sp³-hybridized carbons (Fsp3) is 0.350. The molecule has 33 heavy (non-hydrogen) atoms. The van der Waals surface area contributed by atoms with Crippen molar-refractivity contribution in [1.29, 1.82) is 0 Å². The van der Waals surface area contributed by atoms with Crippen molar-refractivity contribution in [2.24, 2.45) is 0 Å². The maximum atomic E-state index is 14.0. The second-order valence-electron chi connectivity index (χ2n) is 6.82. The number of likely N-dealkylation sites (N-methyl/N-ethyl adjacent to an activating group) is 1. The average molecular weight is 468 g/mol. The highest BCUT2D eigenvalue weighted by Gasteiger charge is 2.32. The van der Waals surface area contributed by atoms with Crippen LogP contribution in [0.1, 0.15) is 29.8 Å². The molecule has 0 unspecified atom stereocenters. The minimum absolute atomic E-state index is 0.151. The molecule has 1 atom stereocenters. The zero-order valence-corrected chi connectivity index (χ0v) is 17.9. The van der Waals surface area contributed by atoms with Crippen molar-refractivity contribution in [1.82, 2.24) is 29.9 Å². The van der Waals surface area contributed by atoms with Crippen LogP contribution in [0.25, 0.3) is 5.82 Å². The Morgan fingerprint density at radius 3 is 2.45 bits per heavy atom. The van der Waals surface area contributed by atoms with Gasteiger partial charge < -0.3 is 14.4 Å². The Labute approximate surface area is 186 Å². The predicted octanol–water partition coefficient (Wildman–Crippen LogP) is 3.15. The first-order valence-corrected chi connectivity index (χ1v) is 9.72. The van der Waals surface area contributed by atoms with Gasteiger partial charge >= 0.3 is 6.18 Å². The quantitative estimate of drug-likeness (QED) is 0.469. The lowest BCUT2D eigenvalue weighted by Gasteiger charge is -2.28. The molecule has 3 heterocycles. The highest BCUT2D eigenvalue weighted by Crippen LogP contribution is 2.30. The number of amides is 1. The molecule has 9 nitrogen and oxygen atoms in total. The Morgan fingerprint density at radius 1 is 1.18 bits per heavy atom. The van der Waals surface area contributed by atoms with Crippen molar-refractivity contribution in [3.05, 3.63) is 53.9 Å². The van der Waals surface area contributed by atoms with Gasteiger partial charge in [0.1, 0.15) is 12.4 Å². The molecule has 0 aliphatic heterocycles. The highest BCUT2D eigenvalue weighted by atomic mass is 19.4. The van der Waals surface area contributed by atoms with Crippen LogP contribution in [-0.2, 0) is 6.18 Å². The number of carbonyl (C=O) groups excluding carboxylic acids is 1. The summed E-state index contributed by atoms with van der Waals surface area (Å²) in [4.78, 5) is 23.5. The number of ether oxygens (including phenoxy) is 2. The van der Waals surface area contributed by atoms with Gasteiger partial charge in [-0.3, -0.25) is 4.79 Å². The van der Waals surface area contributed by atoms with Crippen LogP contribution in [0.3, 0.4) is 0 Å². The van der Waals surface area contributed by atoms with Gasteiger partial charge in [0.2, 0.25) is 5.88 Å². The standard InChI is InChI=1S/C20H20F4N6O3/c1-4-29(12(2)11-33-18-16(21)7-13(9-26-18)20(22,23)24)19(31)15-8-14(32-3)10-25-17(15)30-27-5-6-28-30/h5-10,12H,4,11H2,1-3H3/t12-/m0/s1. The van der Waals surface area contributed by atoms with Crippen molar-refractivity contribution in [2.45, 2.75) is 26.1 Å². The maximum Gasteiger partial charge on any atom is 0.417 e. The first-order valence-electron chi connectivity index (χ1n) is 9.72. The molecular formula is C20H20F4N6O3. The minimum atomic E-state index is -4.73. The van der Waals surface area contributed by atoms with Gasteiger partial charge in [0.15, 0.2) is 11.6 Å². The lowest BCUT2D eigenvalue weighted by molar-refractivity contribution is -0.138. The van der Waals surface area contributed by atoms with Gasteiger partial charge in [-0.25, -0.2) is 14.4 Å². The molecule has 3 aromatic rings. The molecule has 176 valence electrons. The van der Waals surface area contributed by atoms with Crippen LogP contribution < -0.4 is 9.47 Å². The van der Waals surface area contributed by atoms with E-state index in [2.05, 4.69) is 20.2 Å². The van der Waals surface area contributed by atoms with Gasteiger partial charge in [0, 0.05) is 12.7 Å². The summed E-state index contributed by atoms with van der Waals surface area (Å²) in [6.07, 6.45) is 0.0329. The minimum Gasteiger partial charge on any atom is -0.495 e. The van der Waals surface area contributed by atoms with Crippen LogP contribution in [0.2, 0.25) is 0 Å². The summed E-state index contributed by atoms with van der Waals surface area (Å²) in [7, 11) is 1.43. The number of carbonyl (C=O) groups is 1. The van der Waals surface area contributed by atoms with Crippen molar-refractivity contribution < 1.29 is 31.8 Å². The summed E-state index contributed by atoms with van der Waals surface area (Å²) >= 11 is 0. The zero-order valence-electron chi connectivity index (χ0n) is 17.9. The Kier molecular flexibility index (Phi) is 7.09. The van der Waals surface area contributed by atoms with E-state index in [4.69, 9.17) is 9.47 Å². The van der Waals surface area contributed by atoms with E-state index >= 15 is 0 Å². The van der Waals surface area contributed by atoms with Crippen LogP contribution in [0.5, 0.6) is 11.6 Å². The normalized spacial score (nSPS) is 12.3. The van der Waals surface area contributed by atoms with Gasteiger partial charge in [-0.1, -0.05) is 0 Å². The molecule has 3 aromatic heterocycles. The molecule has 0 N–H and O–H groups in total. The summed E-state index contributed by atoms with van der Waals surface area (Å²) in [5.74, 6) is -1.79. The van der Waals surface area contributed by atoms with Crippen molar-refractivity contribution in [3.63, 3.8) is 0 Å². The monoisotopic (exact) mass is 468 g/mol. The molecule has 0 radical (unpaired) electrons. The van der Waals surface area contributed by atoms with Crippen LogP contribution in [0.4, 0.5) is 17.6 Å². The van der Waals surface area contributed by atoms with Gasteiger partial charge in [-0.05, 0) is 26.0 Å². The molecule has 0 bridgehead atoms. The van der Waals surface area contributed by atoms with E-state index in [1.54, 1.807) is 13.8 Å². The molecular weight excluding hydrogens is 448 g/mol. The van der Waals surface area contributed by atoms with E-state index in [9.17, 15) is 22.4 Å². The number of nitrogens with zero attached hydrogens (tertiary/aromatic N) is 6. The third-order valence-corrected chi connectivity index (χ3v) is 4.65. The third kappa shape index (κ3) is 5.35. The van der Waals surface area contributed by atoms with Crippen molar-refractivity contribution >= 4 is 5.91 Å². The molecule has 1 amide bonds. The van der Waals surface area contributed by atoms with Crippen molar-refractivity contribution in [3.8, 4) is 17.4 Å².